The van der Waals surface area contributed by atoms with Crippen LogP contribution in [0.4, 0.5) is 0 Å². The summed E-state index contributed by atoms with van der Waals surface area (Å²) in [6.45, 7) is 16.3. The lowest BCUT2D eigenvalue weighted by Gasteiger charge is -2.30. The molecule has 0 bridgehead atoms. The standard InChI is InChI=1S/C81H134N22O27S/c1-14-41(10)64(102-66(116)43(12)90-78(128)63(40(8)9)101-76(126)51(26-37(2)3)91-60(111)32-89-67(117)47(82)35-131-36-59(84)110)79(129)103-65(44(13)107)80(130)98-55(30-58(83)109)75(125)97-54(29-45-17-19-46(108)20-18-45)74(124)96-53(28-39(6)7)73(123)100-57(34-105)77(127)92-48(16-15-25-87-81(85)86)69(119)95-52(27-38(4)5)72(122)94-49(21-23-61(112)113)70(120)93-50(22-24-62(114)115)71(121)99-56(33-104)68(118)88-31-42(11)106/h17-20,37-41,43-44,47-57,63-65,104-105,107-108H,14-16,21-36,82H2,1-13H3,(H2,83,109)(H2,84,110)(H,88,118)(H,89,117)(H,90,128)(H,91,111)(H,92,127)(H,93,120)(H,94,122)(H,95,119)(H,96,124)(H,97,125)(H,98,130)(H,99,121)(H,100,123)(H,101,126)(H,102,116)(H,103,129)(H,112,113)(H,114,115)(H4,85,86,87)/t41-,43-,44+,47-,48-,49-,50-,51-,52-,53-,54-,55-,56-,57-,63-,64-,65-/m0/s1. The highest BCUT2D eigenvalue weighted by molar-refractivity contribution is 8.00. The topological polar surface area (TPSA) is 812 Å². The number of Topliss-reactive ketones (excluding diaryl/α,β-unsaturated/α-hetero) is 1. The smallest absolute Gasteiger partial charge is 0.303 e. The maximum atomic E-state index is 14.8. The van der Waals surface area contributed by atoms with E-state index in [2.05, 4.69) is 90.4 Å². The molecule has 0 aliphatic heterocycles. The molecule has 17 atom stereocenters. The second-order valence-electron chi connectivity index (χ2n) is 33.1. The fourth-order valence-electron chi connectivity index (χ4n) is 12.3. The van der Waals surface area contributed by atoms with Crippen molar-refractivity contribution in [3.63, 3.8) is 0 Å². The molecule has 1 aromatic carbocycles. The molecule has 0 unspecified atom stereocenters. The third-order valence-electron chi connectivity index (χ3n) is 19.6. The average Bonchev–Trinajstić information content (AvgIpc) is 0.857. The lowest BCUT2D eigenvalue weighted by Crippen LogP contribution is -2.63. The van der Waals surface area contributed by atoms with Crippen molar-refractivity contribution in [3.8, 4) is 5.75 Å². The summed E-state index contributed by atoms with van der Waals surface area (Å²) in [5.74, 6) is -25.9. The van der Waals surface area contributed by atoms with Gasteiger partial charge < -0.3 is 144 Å². The number of phenolic OH excluding ortho intramolecular Hbond substituents is 1. The van der Waals surface area contributed by atoms with Crippen molar-refractivity contribution in [2.45, 2.75) is 264 Å². The van der Waals surface area contributed by atoms with Crippen molar-refractivity contribution in [3.05, 3.63) is 29.8 Å². The molecule has 0 saturated carbocycles. The van der Waals surface area contributed by atoms with Gasteiger partial charge in [-0.05, 0) is 113 Å². The van der Waals surface area contributed by atoms with Crippen molar-refractivity contribution in [2.24, 2.45) is 52.5 Å². The van der Waals surface area contributed by atoms with Gasteiger partial charge in [-0.2, -0.15) is 0 Å². The maximum Gasteiger partial charge on any atom is 0.303 e. The first-order valence-electron chi connectivity index (χ1n) is 42.5. The summed E-state index contributed by atoms with van der Waals surface area (Å²) >= 11 is 1.01. The number of nitrogens with two attached hydrogens (primary N) is 4. The van der Waals surface area contributed by atoms with Crippen LogP contribution in [0.3, 0.4) is 0 Å². The van der Waals surface area contributed by atoms with Gasteiger partial charge in [0.25, 0.3) is 0 Å². The highest BCUT2D eigenvalue weighted by atomic mass is 32.2. The zero-order chi connectivity index (χ0) is 100.0. The number of ketones is 1. The third-order valence-corrected chi connectivity index (χ3v) is 20.6. The van der Waals surface area contributed by atoms with Gasteiger partial charge in [0, 0.05) is 31.6 Å². The summed E-state index contributed by atoms with van der Waals surface area (Å²) in [7, 11) is 0. The first kappa shape index (κ1) is 117. The molecule has 0 spiro atoms. The van der Waals surface area contributed by atoms with Crippen LogP contribution in [0, 0.1) is 35.0 Å². The van der Waals surface area contributed by atoms with E-state index in [1.807, 2.05) is 0 Å². The minimum absolute atomic E-state index is 0.0117. The minimum Gasteiger partial charge on any atom is -0.508 e. The second-order valence-corrected chi connectivity index (χ2v) is 34.1. The molecule has 0 heterocycles. The van der Waals surface area contributed by atoms with Gasteiger partial charge in [-0.15, -0.1) is 11.8 Å². The Morgan fingerprint density at radius 1 is 0.420 bits per heavy atom. The van der Waals surface area contributed by atoms with E-state index in [4.69, 9.17) is 28.3 Å². The molecule has 0 radical (unpaired) electrons. The molecule has 32 N–H and O–H groups in total. The first-order valence-corrected chi connectivity index (χ1v) is 43.7. The molecule has 18 amide bonds. The SMILES string of the molecule is CC[C@H](C)[C@H](NC(=O)[C@H](C)NC(=O)[C@@H](NC(=O)[C@H](CC(C)C)NC(=O)CNC(=O)[C@@H](N)CSCC(N)=O)C(C)C)C(=O)N[C@H](C(=O)N[C@@H](CC(N)=O)C(=O)N[C@@H](Cc1ccc(O)cc1)C(=O)N[C@@H](CC(C)C)C(=O)N[C@@H](CO)C(=O)N[C@@H](CCCNC(=N)N)C(=O)N[C@@H](CC(C)C)C(=O)N[C@@H](CCC(=O)O)C(=O)N[C@@H](CCC(=O)O)C(=O)N[C@@H](CO)C(=O)NCC(C)=O)[C@@H](C)O. The average molecular weight is 1880 g/mol. The Bertz CT molecular complexity index is 4100. The number of primary amides is 2. The predicted octanol–water partition coefficient (Wildman–Crippen LogP) is -8.82. The molecule has 0 fully saturated rings. The molecule has 49 nitrogen and oxygen atoms in total. The number of amides is 18. The molecule has 0 aromatic heterocycles. The number of hydrogen-bond donors (Lipinski definition) is 28. The number of guanidine groups is 1. The minimum atomic E-state index is -2.03. The van der Waals surface area contributed by atoms with Crippen LogP contribution in [0.5, 0.6) is 5.75 Å². The molecule has 0 saturated heterocycles. The summed E-state index contributed by atoms with van der Waals surface area (Å²) in [4.78, 5) is 282. The van der Waals surface area contributed by atoms with Crippen LogP contribution >= 0.6 is 11.8 Å². The Kier molecular flexibility index (Phi) is 53.1. The molecular formula is C81H134N22O27S. The first-order chi connectivity index (χ1) is 61.1. The predicted molar refractivity (Wildman–Crippen MR) is 471 cm³/mol. The Morgan fingerprint density at radius 3 is 1.24 bits per heavy atom. The van der Waals surface area contributed by atoms with Crippen molar-refractivity contribution in [1.82, 2.24) is 90.4 Å². The van der Waals surface area contributed by atoms with Gasteiger partial charge in [-0.3, -0.25) is 106 Å². The molecule has 50 heteroatoms. The molecule has 0 aliphatic rings. The number of phenols is 1. The number of aliphatic hydroxyl groups excluding tert-OH is 3. The van der Waals surface area contributed by atoms with Gasteiger partial charge in [0.2, 0.25) is 106 Å². The highest BCUT2D eigenvalue weighted by Gasteiger charge is 2.41. The monoisotopic (exact) mass is 1880 g/mol. The maximum absolute atomic E-state index is 14.8. The second kappa shape index (κ2) is 59.7. The Hall–Kier alpha value is -12.4. The van der Waals surface area contributed by atoms with E-state index in [1.165, 1.54) is 38.1 Å². The zero-order valence-electron chi connectivity index (χ0n) is 75.8. The number of carbonyl (C=O) groups is 21. The van der Waals surface area contributed by atoms with Crippen LogP contribution in [0.15, 0.2) is 24.3 Å². The fourth-order valence-corrected chi connectivity index (χ4v) is 13.0. The number of nitrogens with one attached hydrogen (secondary N) is 18. The van der Waals surface area contributed by atoms with Crippen LogP contribution in [0.2, 0.25) is 0 Å². The van der Waals surface area contributed by atoms with E-state index in [0.717, 1.165) is 25.6 Å². The summed E-state index contributed by atoms with van der Waals surface area (Å²) in [6.07, 6.45) is -6.90. The van der Waals surface area contributed by atoms with E-state index in [9.17, 15) is 131 Å². The number of aliphatic hydroxyl groups is 3. The quantitative estimate of drug-likeness (QED) is 0.0164. The van der Waals surface area contributed by atoms with Crippen molar-refractivity contribution in [1.29, 1.82) is 5.41 Å². The Morgan fingerprint density at radius 2 is 0.802 bits per heavy atom. The van der Waals surface area contributed by atoms with Gasteiger partial charge in [-0.1, -0.05) is 87.8 Å². The normalized spacial score (nSPS) is 15.1. The van der Waals surface area contributed by atoms with Crippen LogP contribution < -0.4 is 113 Å². The largest absolute Gasteiger partial charge is 0.508 e. The van der Waals surface area contributed by atoms with Gasteiger partial charge in [0.1, 0.15) is 96.1 Å². The number of aromatic hydroxyl groups is 1. The fraction of sp³-hybridized carbons (Fsp3) is 0.654. The van der Waals surface area contributed by atoms with Crippen molar-refractivity contribution >= 4 is 142 Å². The lowest BCUT2D eigenvalue weighted by molar-refractivity contribution is -0.140. The van der Waals surface area contributed by atoms with Crippen LogP contribution in [0.1, 0.15) is 166 Å². The molecule has 1 rings (SSSR count). The van der Waals surface area contributed by atoms with Gasteiger partial charge in [0.05, 0.1) is 50.6 Å². The van der Waals surface area contributed by atoms with E-state index in [0.29, 0.717) is 0 Å². The van der Waals surface area contributed by atoms with E-state index < -0.39 is 315 Å². The Labute approximate surface area is 761 Å². The molecule has 1 aromatic rings. The van der Waals surface area contributed by atoms with Crippen LogP contribution in [-0.2, 0) is 107 Å². The number of thioether (sulfide) groups is 1. The van der Waals surface area contributed by atoms with Gasteiger partial charge in [0.15, 0.2) is 5.96 Å². The summed E-state index contributed by atoms with van der Waals surface area (Å²) in [5, 5.41) is 109. The number of carboxylic acids is 2. The molecular weight excluding hydrogens is 1750 g/mol. The highest BCUT2D eigenvalue weighted by Crippen LogP contribution is 2.18. The number of carbonyl (C=O) groups excluding carboxylic acids is 19. The third kappa shape index (κ3) is 46.1. The molecule has 736 valence electrons. The lowest BCUT2D eigenvalue weighted by atomic mass is 9.97. The zero-order valence-corrected chi connectivity index (χ0v) is 76.7. The number of carboxylic acid groups (broad SMARTS) is 2. The van der Waals surface area contributed by atoms with Crippen LogP contribution in [0.25, 0.3) is 0 Å². The Balaban J connectivity index is 3.71. The van der Waals surface area contributed by atoms with E-state index in [-0.39, 0.29) is 73.8 Å². The van der Waals surface area contributed by atoms with Crippen LogP contribution in [-0.4, -0.2) is 302 Å². The number of rotatable bonds is 63. The summed E-state index contributed by atoms with van der Waals surface area (Å²) in [5.41, 5.74) is 22.3. The van der Waals surface area contributed by atoms with Gasteiger partial charge in [-0.25, -0.2) is 0 Å². The van der Waals surface area contributed by atoms with E-state index >= 15 is 0 Å². The number of aliphatic carboxylic acids is 2. The number of benzene rings is 1. The summed E-state index contributed by atoms with van der Waals surface area (Å²) < 4.78 is 0. The van der Waals surface area contributed by atoms with Gasteiger partial charge >= 0.3 is 11.9 Å². The van der Waals surface area contributed by atoms with E-state index in [1.54, 1.807) is 62.3 Å². The van der Waals surface area contributed by atoms with Crippen molar-refractivity contribution in [2.75, 3.05) is 44.4 Å². The molecule has 0 aliphatic carbocycles. The molecule has 131 heavy (non-hydrogen) atoms. The number of hydrogen-bond acceptors (Lipinski definition) is 28. The van der Waals surface area contributed by atoms with Crippen molar-refractivity contribution < 1.29 is 131 Å². The summed E-state index contributed by atoms with van der Waals surface area (Å²) in [6, 6.07) is -19.8.